The van der Waals surface area contributed by atoms with Crippen molar-refractivity contribution in [2.45, 2.75) is 37.3 Å². The maximum atomic E-state index is 11.9. The van der Waals surface area contributed by atoms with Crippen molar-refractivity contribution in [1.82, 2.24) is 14.7 Å². The summed E-state index contributed by atoms with van der Waals surface area (Å²) in [5, 5.41) is 9.43. The minimum atomic E-state index is -4.13. The molecule has 0 bridgehead atoms. The molecule has 0 saturated heterocycles. The first-order valence-electron chi connectivity index (χ1n) is 5.10. The molecular weight excluding hydrogens is 262 g/mol. The molecule has 0 aliphatic rings. The van der Waals surface area contributed by atoms with Crippen LogP contribution in [0, 0.1) is 0 Å². The van der Waals surface area contributed by atoms with Crippen LogP contribution in [-0.2, 0) is 10.0 Å². The molecule has 0 aliphatic heterocycles. The van der Waals surface area contributed by atoms with Crippen molar-refractivity contribution >= 4 is 10.0 Å². The summed E-state index contributed by atoms with van der Waals surface area (Å²) in [5.41, 5.74) is -2.97. The van der Waals surface area contributed by atoms with Crippen molar-refractivity contribution in [2.75, 3.05) is 0 Å². The zero-order chi connectivity index (χ0) is 14.1. The lowest BCUT2D eigenvalue weighted by atomic mass is 10.0. The summed E-state index contributed by atoms with van der Waals surface area (Å²) >= 11 is 0. The maximum absolute atomic E-state index is 11.9. The lowest BCUT2D eigenvalue weighted by Gasteiger charge is -2.28. The molecule has 1 unspecified atom stereocenters. The second-order valence-corrected chi connectivity index (χ2v) is 6.09. The number of hydrogen-bond acceptors (Lipinski definition) is 5. The van der Waals surface area contributed by atoms with E-state index >= 15 is 0 Å². The number of aliphatic hydroxyl groups excluding tert-OH is 1. The molecule has 1 rings (SSSR count). The van der Waals surface area contributed by atoms with Crippen LogP contribution in [0.3, 0.4) is 0 Å². The predicted molar refractivity (Wildman–Crippen MR) is 63.8 cm³/mol. The zero-order valence-corrected chi connectivity index (χ0v) is 11.0. The molecule has 0 amide bonds. The SMILES string of the molecule is CC(O)C(C)(C)NS(=O)(=O)c1c[nH]c(=O)[nH]c1=O. The number of hydrogen-bond donors (Lipinski definition) is 4. The molecule has 0 aromatic carbocycles. The van der Waals surface area contributed by atoms with Crippen molar-refractivity contribution in [1.29, 1.82) is 0 Å². The van der Waals surface area contributed by atoms with Crippen LogP contribution < -0.4 is 16.0 Å². The van der Waals surface area contributed by atoms with Gasteiger partial charge in [0.1, 0.15) is 0 Å². The lowest BCUT2D eigenvalue weighted by molar-refractivity contribution is 0.111. The van der Waals surface area contributed by atoms with E-state index in [1.807, 2.05) is 4.98 Å². The standard InChI is InChI=1S/C9H15N3O5S/c1-5(13)9(2,3)12-18(16,17)6-4-10-8(15)11-7(6)14/h4-5,12-13H,1-3H3,(H2,10,11,14,15). The molecule has 1 aromatic rings. The van der Waals surface area contributed by atoms with Gasteiger partial charge < -0.3 is 10.1 Å². The van der Waals surface area contributed by atoms with Crippen LogP contribution in [0.25, 0.3) is 0 Å². The first-order chi connectivity index (χ1) is 8.06. The van der Waals surface area contributed by atoms with Crippen LogP contribution in [0.4, 0.5) is 0 Å². The van der Waals surface area contributed by atoms with E-state index in [0.717, 1.165) is 6.20 Å². The molecule has 0 fully saturated rings. The summed E-state index contributed by atoms with van der Waals surface area (Å²) in [5.74, 6) is 0. The molecule has 1 aromatic heterocycles. The molecule has 0 spiro atoms. The smallest absolute Gasteiger partial charge is 0.325 e. The number of aromatic amines is 2. The van der Waals surface area contributed by atoms with Crippen LogP contribution >= 0.6 is 0 Å². The summed E-state index contributed by atoms with van der Waals surface area (Å²) in [6, 6.07) is 0. The van der Waals surface area contributed by atoms with E-state index in [9.17, 15) is 23.1 Å². The van der Waals surface area contributed by atoms with Gasteiger partial charge in [-0.2, -0.15) is 0 Å². The average Bonchev–Trinajstić information content (AvgIpc) is 2.14. The first kappa shape index (κ1) is 14.6. The monoisotopic (exact) mass is 277 g/mol. The van der Waals surface area contributed by atoms with Crippen molar-refractivity contribution in [3.63, 3.8) is 0 Å². The summed E-state index contributed by atoms with van der Waals surface area (Å²) in [7, 11) is -4.13. The van der Waals surface area contributed by atoms with Crippen LogP contribution in [0.15, 0.2) is 20.7 Å². The molecule has 9 heteroatoms. The second kappa shape index (κ2) is 4.67. The van der Waals surface area contributed by atoms with Gasteiger partial charge in [-0.1, -0.05) is 0 Å². The van der Waals surface area contributed by atoms with Crippen LogP contribution in [-0.4, -0.2) is 35.1 Å². The van der Waals surface area contributed by atoms with Gasteiger partial charge in [0.25, 0.3) is 5.56 Å². The minimum absolute atomic E-state index is 0.615. The van der Waals surface area contributed by atoms with Gasteiger partial charge in [0, 0.05) is 6.20 Å². The lowest BCUT2D eigenvalue weighted by Crippen LogP contribution is -2.51. The van der Waals surface area contributed by atoms with Gasteiger partial charge in [-0.05, 0) is 20.8 Å². The minimum Gasteiger partial charge on any atom is -0.391 e. The Morgan fingerprint density at radius 1 is 1.39 bits per heavy atom. The number of H-pyrrole nitrogens is 2. The van der Waals surface area contributed by atoms with E-state index < -0.39 is 37.8 Å². The fourth-order valence-corrected chi connectivity index (χ4v) is 2.57. The molecule has 0 aliphatic carbocycles. The highest BCUT2D eigenvalue weighted by molar-refractivity contribution is 7.89. The van der Waals surface area contributed by atoms with Gasteiger partial charge in [-0.25, -0.2) is 17.9 Å². The van der Waals surface area contributed by atoms with Crippen molar-refractivity contribution in [3.8, 4) is 0 Å². The van der Waals surface area contributed by atoms with Gasteiger partial charge in [-0.15, -0.1) is 0 Å². The van der Waals surface area contributed by atoms with Crippen LogP contribution in [0.5, 0.6) is 0 Å². The molecular formula is C9H15N3O5S. The van der Waals surface area contributed by atoms with Gasteiger partial charge in [0.15, 0.2) is 4.90 Å². The Hall–Kier alpha value is -1.45. The third-order valence-corrected chi connectivity index (χ3v) is 4.19. The Kier molecular flexibility index (Phi) is 3.79. The molecule has 102 valence electrons. The fourth-order valence-electron chi connectivity index (χ4n) is 1.08. The predicted octanol–water partition coefficient (Wildman–Crippen LogP) is -1.50. The molecule has 4 N–H and O–H groups in total. The van der Waals surface area contributed by atoms with Crippen LogP contribution in [0.2, 0.25) is 0 Å². The third-order valence-electron chi connectivity index (χ3n) is 2.52. The number of rotatable bonds is 4. The molecule has 0 saturated carbocycles. The quantitative estimate of drug-likeness (QED) is 0.532. The molecule has 1 atom stereocenters. The number of aromatic nitrogens is 2. The first-order valence-corrected chi connectivity index (χ1v) is 6.58. The number of nitrogens with one attached hydrogen (secondary N) is 3. The van der Waals surface area contributed by atoms with Gasteiger partial charge >= 0.3 is 5.69 Å². The summed E-state index contributed by atoms with van der Waals surface area (Å²) in [6.45, 7) is 4.35. The normalized spacial score (nSPS) is 14.4. The van der Waals surface area contributed by atoms with Gasteiger partial charge in [0.05, 0.1) is 11.6 Å². The molecule has 1 heterocycles. The van der Waals surface area contributed by atoms with E-state index in [2.05, 4.69) is 9.71 Å². The summed E-state index contributed by atoms with van der Waals surface area (Å²) in [4.78, 5) is 25.4. The highest BCUT2D eigenvalue weighted by atomic mass is 32.2. The molecule has 0 radical (unpaired) electrons. The van der Waals surface area contributed by atoms with Gasteiger partial charge in [0.2, 0.25) is 10.0 Å². The average molecular weight is 277 g/mol. The Bertz CT molecular complexity index is 641. The van der Waals surface area contributed by atoms with Crippen LogP contribution in [0.1, 0.15) is 20.8 Å². The Labute approximate surface area is 103 Å². The van der Waals surface area contributed by atoms with E-state index in [0.29, 0.717) is 0 Å². The Morgan fingerprint density at radius 2 is 1.94 bits per heavy atom. The van der Waals surface area contributed by atoms with Crippen molar-refractivity contribution < 1.29 is 13.5 Å². The Morgan fingerprint density at radius 3 is 2.39 bits per heavy atom. The van der Waals surface area contributed by atoms with Crippen molar-refractivity contribution in [3.05, 3.63) is 27.0 Å². The number of sulfonamides is 1. The highest BCUT2D eigenvalue weighted by Crippen LogP contribution is 2.12. The third kappa shape index (κ3) is 3.06. The van der Waals surface area contributed by atoms with E-state index in [4.69, 9.17) is 0 Å². The van der Waals surface area contributed by atoms with E-state index in [-0.39, 0.29) is 0 Å². The summed E-state index contributed by atoms with van der Waals surface area (Å²) in [6.07, 6.45) is -0.157. The maximum Gasteiger partial charge on any atom is 0.325 e. The largest absolute Gasteiger partial charge is 0.391 e. The fraction of sp³-hybridized carbons (Fsp3) is 0.556. The Balaban J connectivity index is 3.24. The molecule has 8 nitrogen and oxygen atoms in total. The summed E-state index contributed by atoms with van der Waals surface area (Å²) < 4.78 is 26.0. The van der Waals surface area contributed by atoms with Gasteiger partial charge in [-0.3, -0.25) is 9.78 Å². The topological polar surface area (TPSA) is 132 Å². The highest BCUT2D eigenvalue weighted by Gasteiger charge is 2.31. The zero-order valence-electron chi connectivity index (χ0n) is 10.1. The number of aliphatic hydroxyl groups is 1. The second-order valence-electron chi connectivity index (χ2n) is 4.44. The molecule has 18 heavy (non-hydrogen) atoms. The van der Waals surface area contributed by atoms with E-state index in [1.165, 1.54) is 20.8 Å². The van der Waals surface area contributed by atoms with Crippen molar-refractivity contribution in [2.24, 2.45) is 0 Å². The van der Waals surface area contributed by atoms with E-state index in [1.54, 1.807) is 0 Å².